The number of hydrogen-bond acceptors (Lipinski definition) is 7. The van der Waals surface area contributed by atoms with Crippen LogP contribution in [0.4, 0.5) is 13.2 Å². The van der Waals surface area contributed by atoms with Crippen molar-refractivity contribution in [1.82, 2.24) is 15.1 Å². The fourth-order valence-corrected chi connectivity index (χ4v) is 4.07. The summed E-state index contributed by atoms with van der Waals surface area (Å²) >= 11 is 0. The quantitative estimate of drug-likeness (QED) is 0.490. The molecule has 1 fully saturated rings. The highest BCUT2D eigenvalue weighted by atomic mass is 19.4. The number of likely N-dealkylation sites (tertiary alicyclic amines) is 1. The van der Waals surface area contributed by atoms with Crippen LogP contribution in [0.2, 0.25) is 0 Å². The van der Waals surface area contributed by atoms with Crippen molar-refractivity contribution in [3.05, 3.63) is 53.4 Å². The van der Waals surface area contributed by atoms with E-state index in [1.165, 1.54) is 33.5 Å². The number of ether oxygens (including phenoxy) is 3. The van der Waals surface area contributed by atoms with Gasteiger partial charge in [0.25, 0.3) is 5.91 Å². The molecule has 1 aromatic heterocycles. The Labute approximate surface area is 199 Å². The van der Waals surface area contributed by atoms with Crippen LogP contribution in [-0.4, -0.2) is 55.4 Å². The molecule has 3 aromatic rings. The number of alkyl halides is 3. The minimum Gasteiger partial charge on any atom is -0.493 e. The Morgan fingerprint density at radius 1 is 1.03 bits per heavy atom. The molecule has 186 valence electrons. The van der Waals surface area contributed by atoms with Crippen LogP contribution in [0.15, 0.2) is 40.8 Å². The van der Waals surface area contributed by atoms with Gasteiger partial charge in [-0.15, -0.1) is 10.2 Å². The molecule has 8 nitrogen and oxygen atoms in total. The largest absolute Gasteiger partial charge is 0.493 e. The number of piperidine rings is 1. The minimum absolute atomic E-state index is 0.127. The summed E-state index contributed by atoms with van der Waals surface area (Å²) in [5.74, 6) is 1.19. The number of hydrogen-bond donors (Lipinski definition) is 0. The maximum atomic E-state index is 13.3. The lowest BCUT2D eigenvalue weighted by Crippen LogP contribution is -2.39. The molecule has 2 aromatic carbocycles. The van der Waals surface area contributed by atoms with Crippen molar-refractivity contribution < 1.29 is 36.6 Å². The number of nitrogens with zero attached hydrogens (tertiary/aromatic N) is 3. The number of rotatable bonds is 6. The third-order valence-corrected chi connectivity index (χ3v) is 5.87. The van der Waals surface area contributed by atoms with Gasteiger partial charge in [0.05, 0.1) is 32.8 Å². The zero-order chi connectivity index (χ0) is 25.2. The van der Waals surface area contributed by atoms with Crippen LogP contribution in [0.3, 0.4) is 0 Å². The van der Waals surface area contributed by atoms with Crippen LogP contribution in [0, 0.1) is 0 Å². The number of carbonyl (C=O) groups excluding carboxylic acids is 1. The summed E-state index contributed by atoms with van der Waals surface area (Å²) in [6, 6.07) is 7.73. The van der Waals surface area contributed by atoms with Crippen molar-refractivity contribution in [3.63, 3.8) is 0 Å². The van der Waals surface area contributed by atoms with E-state index in [-0.39, 0.29) is 17.7 Å². The van der Waals surface area contributed by atoms with Gasteiger partial charge in [0.1, 0.15) is 0 Å². The highest BCUT2D eigenvalue weighted by Gasteiger charge is 2.32. The van der Waals surface area contributed by atoms with E-state index in [1.807, 2.05) is 0 Å². The number of aromatic nitrogens is 2. The summed E-state index contributed by atoms with van der Waals surface area (Å²) in [4.78, 5) is 15.0. The molecule has 1 aliphatic rings. The van der Waals surface area contributed by atoms with E-state index in [0.717, 1.165) is 25.0 Å². The van der Waals surface area contributed by atoms with Crippen molar-refractivity contribution in [2.45, 2.75) is 24.9 Å². The van der Waals surface area contributed by atoms with Crippen molar-refractivity contribution >= 4 is 5.91 Å². The second-order valence-electron chi connectivity index (χ2n) is 8.02. The Hall–Kier alpha value is -3.76. The van der Waals surface area contributed by atoms with Gasteiger partial charge in [0.15, 0.2) is 11.5 Å². The highest BCUT2D eigenvalue weighted by molar-refractivity contribution is 5.95. The average Bonchev–Trinajstić information content (AvgIpc) is 3.37. The zero-order valence-electron chi connectivity index (χ0n) is 19.4. The molecular formula is C24H24F3N3O5. The second kappa shape index (κ2) is 9.85. The smallest absolute Gasteiger partial charge is 0.416 e. The van der Waals surface area contributed by atoms with Crippen LogP contribution in [-0.2, 0) is 6.18 Å². The molecule has 0 aliphatic carbocycles. The van der Waals surface area contributed by atoms with E-state index < -0.39 is 11.7 Å². The molecule has 0 saturated carbocycles. The van der Waals surface area contributed by atoms with Crippen molar-refractivity contribution in [3.8, 4) is 28.7 Å². The topological polar surface area (TPSA) is 86.9 Å². The number of amides is 1. The molecule has 11 heteroatoms. The molecule has 1 saturated heterocycles. The van der Waals surface area contributed by atoms with Gasteiger partial charge >= 0.3 is 6.18 Å². The SMILES string of the molecule is COc1cc(C(=O)N2CCCC(c3nnc(-c4ccc(C(F)(F)F)cc4)o3)C2)cc(OC)c1OC. The molecule has 2 heterocycles. The van der Waals surface area contributed by atoms with Gasteiger partial charge in [0.2, 0.25) is 17.5 Å². The number of benzene rings is 2. The highest BCUT2D eigenvalue weighted by Crippen LogP contribution is 2.39. The third kappa shape index (κ3) is 5.03. The van der Waals surface area contributed by atoms with Gasteiger partial charge in [-0.3, -0.25) is 4.79 Å². The minimum atomic E-state index is -4.42. The Bertz CT molecular complexity index is 1170. The summed E-state index contributed by atoms with van der Waals surface area (Å²) < 4.78 is 60.2. The van der Waals surface area contributed by atoms with E-state index in [1.54, 1.807) is 17.0 Å². The maximum Gasteiger partial charge on any atom is 0.416 e. The standard InChI is InChI=1S/C24H24F3N3O5/c1-32-18-11-16(12-19(33-2)20(18)34-3)23(31)30-10-4-5-15(13-30)22-29-28-21(35-22)14-6-8-17(9-7-14)24(25,26)27/h6-9,11-12,15H,4-5,10,13H2,1-3H3. The first kappa shape index (κ1) is 24.4. The normalized spacial score (nSPS) is 16.2. The Morgan fingerprint density at radius 2 is 1.69 bits per heavy atom. The van der Waals surface area contributed by atoms with Crippen LogP contribution >= 0.6 is 0 Å². The van der Waals surface area contributed by atoms with E-state index in [4.69, 9.17) is 18.6 Å². The first-order valence-corrected chi connectivity index (χ1v) is 10.9. The first-order valence-electron chi connectivity index (χ1n) is 10.9. The summed E-state index contributed by atoms with van der Waals surface area (Å²) in [5.41, 5.74) is 0.0169. The fraction of sp³-hybridized carbons (Fsp3) is 0.375. The van der Waals surface area contributed by atoms with Crippen LogP contribution in [0.25, 0.3) is 11.5 Å². The molecule has 35 heavy (non-hydrogen) atoms. The molecule has 0 radical (unpaired) electrons. The molecular weight excluding hydrogens is 467 g/mol. The van der Waals surface area contributed by atoms with Gasteiger partial charge in [-0.2, -0.15) is 13.2 Å². The van der Waals surface area contributed by atoms with Gasteiger partial charge in [-0.1, -0.05) is 0 Å². The van der Waals surface area contributed by atoms with Crippen molar-refractivity contribution in [1.29, 1.82) is 0 Å². The maximum absolute atomic E-state index is 13.3. The van der Waals surface area contributed by atoms with E-state index >= 15 is 0 Å². The number of halogens is 3. The van der Waals surface area contributed by atoms with Crippen LogP contribution < -0.4 is 14.2 Å². The van der Waals surface area contributed by atoms with Crippen LogP contribution in [0.1, 0.15) is 40.6 Å². The Kier molecular flexibility index (Phi) is 6.86. The average molecular weight is 491 g/mol. The summed E-state index contributed by atoms with van der Waals surface area (Å²) in [5, 5.41) is 8.10. The lowest BCUT2D eigenvalue weighted by Gasteiger charge is -2.31. The van der Waals surface area contributed by atoms with Gasteiger partial charge in [-0.05, 0) is 49.2 Å². The van der Waals surface area contributed by atoms with E-state index in [9.17, 15) is 18.0 Å². The van der Waals surface area contributed by atoms with Crippen molar-refractivity contribution in [2.75, 3.05) is 34.4 Å². The Morgan fingerprint density at radius 3 is 2.26 bits per heavy atom. The molecule has 0 N–H and O–H groups in total. The molecule has 1 unspecified atom stereocenters. The number of carbonyl (C=O) groups is 1. The van der Waals surface area contributed by atoms with Crippen LogP contribution in [0.5, 0.6) is 17.2 Å². The molecule has 1 aliphatic heterocycles. The monoisotopic (exact) mass is 491 g/mol. The number of methoxy groups -OCH3 is 3. The summed E-state index contributed by atoms with van der Waals surface area (Å²) in [6.07, 6.45) is -2.97. The molecule has 1 atom stereocenters. The molecule has 0 spiro atoms. The van der Waals surface area contributed by atoms with E-state index in [2.05, 4.69) is 10.2 Å². The predicted molar refractivity (Wildman–Crippen MR) is 119 cm³/mol. The summed E-state index contributed by atoms with van der Waals surface area (Å²) in [7, 11) is 4.44. The first-order chi connectivity index (χ1) is 16.7. The molecule has 1 amide bonds. The fourth-order valence-electron chi connectivity index (χ4n) is 4.07. The predicted octanol–water partition coefficient (Wildman–Crippen LogP) is 4.80. The summed E-state index contributed by atoms with van der Waals surface area (Å²) in [6.45, 7) is 0.899. The van der Waals surface area contributed by atoms with Gasteiger partial charge in [0, 0.05) is 24.2 Å². The van der Waals surface area contributed by atoms with Crippen molar-refractivity contribution in [2.24, 2.45) is 0 Å². The van der Waals surface area contributed by atoms with E-state index in [0.29, 0.717) is 47.4 Å². The Balaban J connectivity index is 1.51. The molecule has 4 rings (SSSR count). The van der Waals surface area contributed by atoms with Gasteiger partial charge < -0.3 is 23.5 Å². The lowest BCUT2D eigenvalue weighted by molar-refractivity contribution is -0.137. The lowest BCUT2D eigenvalue weighted by atomic mass is 9.97. The third-order valence-electron chi connectivity index (χ3n) is 5.87. The zero-order valence-corrected chi connectivity index (χ0v) is 19.4. The second-order valence-corrected chi connectivity index (χ2v) is 8.02. The molecule has 0 bridgehead atoms. The van der Waals surface area contributed by atoms with Gasteiger partial charge in [-0.25, -0.2) is 0 Å².